The summed E-state index contributed by atoms with van der Waals surface area (Å²) in [5, 5.41) is 6.45. The molecule has 0 radical (unpaired) electrons. The Hall–Kier alpha value is -1.83. The number of methoxy groups -OCH3 is 1. The molecule has 2 N–H and O–H groups in total. The Labute approximate surface area is 165 Å². The van der Waals surface area contributed by atoms with E-state index >= 15 is 0 Å². The van der Waals surface area contributed by atoms with E-state index in [4.69, 9.17) is 4.74 Å². The third kappa shape index (κ3) is 6.89. The van der Waals surface area contributed by atoms with Crippen molar-refractivity contribution in [2.45, 2.75) is 19.9 Å². The number of hydrogen-bond donors (Lipinski definition) is 2. The maximum absolute atomic E-state index is 13.6. The number of halogens is 2. The van der Waals surface area contributed by atoms with Crippen molar-refractivity contribution in [2.24, 2.45) is 4.99 Å². The predicted octanol–water partition coefficient (Wildman–Crippen LogP) is 3.67. The number of aryl methyl sites for hydroxylation is 1. The maximum atomic E-state index is 13.6. The Morgan fingerprint density at radius 2 is 1.92 bits per heavy atom. The van der Waals surface area contributed by atoms with E-state index in [2.05, 4.69) is 21.7 Å². The molecule has 0 bridgehead atoms. The molecule has 0 unspecified atom stereocenters. The van der Waals surface area contributed by atoms with Gasteiger partial charge in [0.25, 0.3) is 0 Å². The molecule has 136 valence electrons. The predicted molar refractivity (Wildman–Crippen MR) is 111 cm³/mol. The molecule has 0 aliphatic rings. The first kappa shape index (κ1) is 21.2. The summed E-state index contributed by atoms with van der Waals surface area (Å²) in [4.78, 5) is 4.19. The lowest BCUT2D eigenvalue weighted by Gasteiger charge is -2.13. The fourth-order valence-corrected chi connectivity index (χ4v) is 2.47. The van der Waals surface area contributed by atoms with E-state index in [1.165, 1.54) is 6.07 Å². The highest BCUT2D eigenvalue weighted by Crippen LogP contribution is 2.16. The molecule has 0 aliphatic heterocycles. The molecule has 2 aromatic carbocycles. The average Bonchev–Trinajstić information content (AvgIpc) is 2.59. The van der Waals surface area contributed by atoms with Crippen LogP contribution in [0.5, 0.6) is 5.75 Å². The molecule has 0 fully saturated rings. The Morgan fingerprint density at radius 1 is 1.16 bits per heavy atom. The number of rotatable bonds is 6. The van der Waals surface area contributed by atoms with Gasteiger partial charge in [0, 0.05) is 20.1 Å². The second-order valence-electron chi connectivity index (χ2n) is 5.55. The summed E-state index contributed by atoms with van der Waals surface area (Å²) in [7, 11) is 3.38. The number of hydrogen-bond acceptors (Lipinski definition) is 2. The molecule has 2 aromatic rings. The summed E-state index contributed by atoms with van der Waals surface area (Å²) in [6.45, 7) is 3.28. The zero-order valence-electron chi connectivity index (χ0n) is 14.8. The van der Waals surface area contributed by atoms with Gasteiger partial charge < -0.3 is 15.4 Å². The molecule has 0 saturated heterocycles. The minimum absolute atomic E-state index is 0. The van der Waals surface area contributed by atoms with Crippen molar-refractivity contribution in [3.05, 3.63) is 65.0 Å². The molecule has 2 rings (SSSR count). The molecule has 0 heterocycles. The van der Waals surface area contributed by atoms with Crippen LogP contribution in [0.3, 0.4) is 0 Å². The van der Waals surface area contributed by atoms with Crippen LogP contribution in [-0.2, 0) is 13.0 Å². The van der Waals surface area contributed by atoms with Crippen molar-refractivity contribution >= 4 is 29.9 Å². The van der Waals surface area contributed by atoms with Crippen molar-refractivity contribution in [2.75, 3.05) is 20.7 Å². The Kier molecular flexibility index (Phi) is 9.26. The molecule has 25 heavy (non-hydrogen) atoms. The number of ether oxygens (including phenoxy) is 1. The number of guanidine groups is 1. The Morgan fingerprint density at radius 3 is 2.60 bits per heavy atom. The van der Waals surface area contributed by atoms with Crippen molar-refractivity contribution < 1.29 is 9.13 Å². The molecule has 0 aromatic heterocycles. The summed E-state index contributed by atoms with van der Waals surface area (Å²) in [6, 6.07) is 12.9. The molecular weight excluding hydrogens is 432 g/mol. The summed E-state index contributed by atoms with van der Waals surface area (Å²) in [6.07, 6.45) is 0.603. The lowest BCUT2D eigenvalue weighted by atomic mass is 10.1. The summed E-state index contributed by atoms with van der Waals surface area (Å²) < 4.78 is 18.9. The van der Waals surface area contributed by atoms with Crippen LogP contribution in [0, 0.1) is 12.7 Å². The van der Waals surface area contributed by atoms with Gasteiger partial charge in [-0.3, -0.25) is 4.99 Å². The van der Waals surface area contributed by atoms with Crippen molar-refractivity contribution in [1.82, 2.24) is 10.6 Å². The van der Waals surface area contributed by atoms with Gasteiger partial charge in [-0.15, -0.1) is 24.0 Å². The van der Waals surface area contributed by atoms with Crippen LogP contribution in [0.15, 0.2) is 47.5 Å². The highest BCUT2D eigenvalue weighted by Gasteiger charge is 2.03. The second-order valence-corrected chi connectivity index (χ2v) is 5.55. The largest absolute Gasteiger partial charge is 0.497 e. The summed E-state index contributed by atoms with van der Waals surface area (Å²) in [5.41, 5.74) is 2.96. The summed E-state index contributed by atoms with van der Waals surface area (Å²) in [5.74, 6) is 1.36. The third-order valence-corrected chi connectivity index (χ3v) is 3.67. The van der Waals surface area contributed by atoms with E-state index in [-0.39, 0.29) is 29.8 Å². The number of nitrogens with zero attached hydrogens (tertiary/aromatic N) is 1. The van der Waals surface area contributed by atoms with Gasteiger partial charge in [-0.25, -0.2) is 4.39 Å². The van der Waals surface area contributed by atoms with Gasteiger partial charge in [0.15, 0.2) is 5.96 Å². The molecule has 0 spiro atoms. The zero-order valence-corrected chi connectivity index (χ0v) is 17.1. The SMILES string of the molecule is CN=C(NCCc1ccccc1F)NCc1cc(C)cc(OC)c1.I. The second kappa shape index (κ2) is 10.9. The molecule has 0 amide bonds. The smallest absolute Gasteiger partial charge is 0.191 e. The van der Waals surface area contributed by atoms with Crippen molar-refractivity contribution in [3.63, 3.8) is 0 Å². The van der Waals surface area contributed by atoms with E-state index in [1.54, 1.807) is 26.3 Å². The van der Waals surface area contributed by atoms with Crippen LogP contribution >= 0.6 is 24.0 Å². The quantitative estimate of drug-likeness (QED) is 0.396. The van der Waals surface area contributed by atoms with Gasteiger partial charge in [0.05, 0.1) is 7.11 Å². The fourth-order valence-electron chi connectivity index (χ4n) is 2.47. The van der Waals surface area contributed by atoms with Crippen LogP contribution in [0.4, 0.5) is 4.39 Å². The number of nitrogens with one attached hydrogen (secondary N) is 2. The van der Waals surface area contributed by atoms with Crippen LogP contribution < -0.4 is 15.4 Å². The monoisotopic (exact) mass is 457 g/mol. The minimum Gasteiger partial charge on any atom is -0.497 e. The van der Waals surface area contributed by atoms with Gasteiger partial charge in [-0.1, -0.05) is 24.3 Å². The number of aliphatic imine (C=N–C) groups is 1. The zero-order chi connectivity index (χ0) is 17.4. The average molecular weight is 457 g/mol. The van der Waals surface area contributed by atoms with E-state index in [0.29, 0.717) is 31.0 Å². The maximum Gasteiger partial charge on any atom is 0.191 e. The molecule has 0 aliphatic carbocycles. The highest BCUT2D eigenvalue weighted by atomic mass is 127. The van der Waals surface area contributed by atoms with E-state index in [0.717, 1.165) is 16.9 Å². The van der Waals surface area contributed by atoms with E-state index < -0.39 is 0 Å². The third-order valence-electron chi connectivity index (χ3n) is 3.67. The lowest BCUT2D eigenvalue weighted by Crippen LogP contribution is -2.37. The van der Waals surface area contributed by atoms with Crippen molar-refractivity contribution in [1.29, 1.82) is 0 Å². The topological polar surface area (TPSA) is 45.7 Å². The fraction of sp³-hybridized carbons (Fsp3) is 0.316. The molecule has 0 atom stereocenters. The first-order valence-electron chi connectivity index (χ1n) is 7.95. The Balaban J connectivity index is 0.00000312. The van der Waals surface area contributed by atoms with Crippen LogP contribution in [0.25, 0.3) is 0 Å². The van der Waals surface area contributed by atoms with Gasteiger partial charge >= 0.3 is 0 Å². The first-order valence-corrected chi connectivity index (χ1v) is 7.95. The standard InChI is InChI=1S/C19H24FN3O.HI/c1-14-10-15(12-17(11-14)24-3)13-23-19(21-2)22-9-8-16-6-4-5-7-18(16)20;/h4-7,10-12H,8-9,13H2,1-3H3,(H2,21,22,23);1H. The highest BCUT2D eigenvalue weighted by molar-refractivity contribution is 14.0. The van der Waals surface area contributed by atoms with Crippen LogP contribution in [0.2, 0.25) is 0 Å². The lowest BCUT2D eigenvalue weighted by molar-refractivity contribution is 0.414. The number of benzene rings is 2. The van der Waals surface area contributed by atoms with E-state index in [1.807, 2.05) is 25.1 Å². The van der Waals surface area contributed by atoms with Gasteiger partial charge in [-0.2, -0.15) is 0 Å². The molecule has 4 nitrogen and oxygen atoms in total. The minimum atomic E-state index is -0.172. The molecule has 6 heteroatoms. The summed E-state index contributed by atoms with van der Waals surface area (Å²) >= 11 is 0. The normalized spacial score (nSPS) is 10.8. The Bertz CT molecular complexity index is 707. The van der Waals surface area contributed by atoms with Gasteiger partial charge in [0.2, 0.25) is 0 Å². The van der Waals surface area contributed by atoms with Crippen molar-refractivity contribution in [3.8, 4) is 5.75 Å². The molecular formula is C19H25FIN3O. The molecule has 0 saturated carbocycles. The first-order chi connectivity index (χ1) is 11.6. The van der Waals surface area contributed by atoms with E-state index in [9.17, 15) is 4.39 Å². The van der Waals surface area contributed by atoms with Crippen LogP contribution in [0.1, 0.15) is 16.7 Å². The van der Waals surface area contributed by atoms with Gasteiger partial charge in [0.1, 0.15) is 11.6 Å². The van der Waals surface area contributed by atoms with Gasteiger partial charge in [-0.05, 0) is 48.2 Å². The van der Waals surface area contributed by atoms with Crippen LogP contribution in [-0.4, -0.2) is 26.7 Å².